The van der Waals surface area contributed by atoms with E-state index in [1.165, 1.54) is 0 Å². The zero-order chi connectivity index (χ0) is 14.8. The van der Waals surface area contributed by atoms with E-state index in [0.29, 0.717) is 30.4 Å². The van der Waals surface area contributed by atoms with Gasteiger partial charge < -0.3 is 4.74 Å². The fourth-order valence-corrected chi connectivity index (χ4v) is 1.96. The van der Waals surface area contributed by atoms with Crippen molar-refractivity contribution in [3.05, 3.63) is 29.8 Å². The maximum atomic E-state index is 8.96. The van der Waals surface area contributed by atoms with E-state index in [1.807, 2.05) is 18.2 Å². The van der Waals surface area contributed by atoms with Gasteiger partial charge in [0.2, 0.25) is 0 Å². The molecular formula is C16H21N3O. The Balaban J connectivity index is 2.37. The van der Waals surface area contributed by atoms with Crippen LogP contribution in [0.25, 0.3) is 0 Å². The zero-order valence-electron chi connectivity index (χ0n) is 12.2. The van der Waals surface area contributed by atoms with Crippen molar-refractivity contribution in [1.29, 1.82) is 10.5 Å². The minimum absolute atomic E-state index is 0.426. The van der Waals surface area contributed by atoms with Crippen molar-refractivity contribution in [2.75, 3.05) is 19.7 Å². The van der Waals surface area contributed by atoms with Gasteiger partial charge in [0.25, 0.3) is 0 Å². The van der Waals surface area contributed by atoms with Crippen LogP contribution >= 0.6 is 0 Å². The van der Waals surface area contributed by atoms with Gasteiger partial charge in [0.05, 0.1) is 18.2 Å². The minimum atomic E-state index is 0.426. The molecule has 4 heteroatoms. The molecule has 0 amide bonds. The SMILES string of the molecule is CC(C)N(CCC#N)CCCOc1ccccc1C#N. The van der Waals surface area contributed by atoms with Gasteiger partial charge in [-0.15, -0.1) is 0 Å². The molecule has 4 nitrogen and oxygen atoms in total. The van der Waals surface area contributed by atoms with Crippen LogP contribution in [0.4, 0.5) is 0 Å². The zero-order valence-corrected chi connectivity index (χ0v) is 12.2. The molecule has 106 valence electrons. The van der Waals surface area contributed by atoms with E-state index in [-0.39, 0.29) is 0 Å². The van der Waals surface area contributed by atoms with Crippen LogP contribution in [0.2, 0.25) is 0 Å². The lowest BCUT2D eigenvalue weighted by Crippen LogP contribution is -2.33. The Bertz CT molecular complexity index is 485. The number of nitrogens with zero attached hydrogens (tertiary/aromatic N) is 3. The van der Waals surface area contributed by atoms with Crippen LogP contribution in [-0.4, -0.2) is 30.6 Å². The van der Waals surface area contributed by atoms with Crippen LogP contribution in [0.3, 0.4) is 0 Å². The van der Waals surface area contributed by atoms with Gasteiger partial charge in [-0.3, -0.25) is 4.90 Å². The maximum Gasteiger partial charge on any atom is 0.137 e. The first kappa shape index (κ1) is 16.0. The Morgan fingerprint density at radius 1 is 1.20 bits per heavy atom. The summed E-state index contributed by atoms with van der Waals surface area (Å²) in [5.74, 6) is 0.642. The smallest absolute Gasteiger partial charge is 0.137 e. The van der Waals surface area contributed by atoms with Gasteiger partial charge >= 0.3 is 0 Å². The molecule has 0 aliphatic heterocycles. The molecule has 0 aliphatic carbocycles. The summed E-state index contributed by atoms with van der Waals surface area (Å²) in [5, 5.41) is 17.6. The lowest BCUT2D eigenvalue weighted by Gasteiger charge is -2.25. The third kappa shape index (κ3) is 5.30. The second-order valence-corrected chi connectivity index (χ2v) is 4.85. The predicted molar refractivity (Wildman–Crippen MR) is 78.2 cm³/mol. The van der Waals surface area contributed by atoms with Crippen LogP contribution < -0.4 is 4.74 Å². The predicted octanol–water partition coefficient (Wildman–Crippen LogP) is 2.95. The first-order valence-corrected chi connectivity index (χ1v) is 6.92. The van der Waals surface area contributed by atoms with Crippen molar-refractivity contribution < 1.29 is 4.74 Å². The van der Waals surface area contributed by atoms with Gasteiger partial charge in [-0.25, -0.2) is 0 Å². The Labute approximate surface area is 121 Å². The number of hydrogen-bond donors (Lipinski definition) is 0. The lowest BCUT2D eigenvalue weighted by atomic mass is 10.2. The van der Waals surface area contributed by atoms with E-state index in [2.05, 4.69) is 30.9 Å². The van der Waals surface area contributed by atoms with Gasteiger partial charge in [-0.2, -0.15) is 10.5 Å². The number of ether oxygens (including phenoxy) is 1. The minimum Gasteiger partial charge on any atom is -0.492 e. The summed E-state index contributed by atoms with van der Waals surface area (Å²) in [5.41, 5.74) is 0.567. The van der Waals surface area contributed by atoms with Gasteiger partial charge in [-0.05, 0) is 32.4 Å². The molecule has 0 atom stereocenters. The summed E-state index contributed by atoms with van der Waals surface area (Å²) in [6, 6.07) is 12.0. The Kier molecular flexibility index (Phi) is 7.17. The topological polar surface area (TPSA) is 60.1 Å². The maximum absolute atomic E-state index is 8.96. The first-order valence-electron chi connectivity index (χ1n) is 6.92. The second-order valence-electron chi connectivity index (χ2n) is 4.85. The Hall–Kier alpha value is -2.04. The summed E-state index contributed by atoms with van der Waals surface area (Å²) in [6.07, 6.45) is 1.43. The van der Waals surface area contributed by atoms with Gasteiger partial charge in [0.1, 0.15) is 11.8 Å². The van der Waals surface area contributed by atoms with E-state index in [1.54, 1.807) is 6.07 Å². The molecule has 0 saturated heterocycles. The summed E-state index contributed by atoms with van der Waals surface area (Å²) in [7, 11) is 0. The fraction of sp³-hybridized carbons (Fsp3) is 0.500. The lowest BCUT2D eigenvalue weighted by molar-refractivity contribution is 0.201. The molecule has 1 aromatic rings. The largest absolute Gasteiger partial charge is 0.492 e. The van der Waals surface area contributed by atoms with Gasteiger partial charge in [0.15, 0.2) is 0 Å². The van der Waals surface area contributed by atoms with Crippen molar-refractivity contribution in [2.45, 2.75) is 32.7 Å². The van der Waals surface area contributed by atoms with E-state index < -0.39 is 0 Å². The number of benzene rings is 1. The van der Waals surface area contributed by atoms with E-state index in [0.717, 1.165) is 19.5 Å². The molecule has 1 aromatic carbocycles. The molecule has 0 bridgehead atoms. The van der Waals surface area contributed by atoms with Crippen LogP contribution in [0.15, 0.2) is 24.3 Å². The average Bonchev–Trinajstić information content (AvgIpc) is 2.46. The highest BCUT2D eigenvalue weighted by Gasteiger charge is 2.08. The number of hydrogen-bond acceptors (Lipinski definition) is 4. The summed E-state index contributed by atoms with van der Waals surface area (Å²) < 4.78 is 5.65. The normalized spacial score (nSPS) is 10.3. The molecule has 0 fully saturated rings. The summed E-state index contributed by atoms with van der Waals surface area (Å²) >= 11 is 0. The molecule has 0 radical (unpaired) electrons. The molecule has 0 aliphatic rings. The molecule has 0 aromatic heterocycles. The van der Waals surface area contributed by atoms with E-state index in [9.17, 15) is 0 Å². The highest BCUT2D eigenvalue weighted by Crippen LogP contribution is 2.16. The number of nitriles is 2. The second kappa shape index (κ2) is 8.96. The van der Waals surface area contributed by atoms with Crippen molar-refractivity contribution in [3.8, 4) is 17.9 Å². The van der Waals surface area contributed by atoms with Gasteiger partial charge in [0, 0.05) is 25.6 Å². The van der Waals surface area contributed by atoms with Crippen LogP contribution in [0.5, 0.6) is 5.75 Å². The number of para-hydroxylation sites is 1. The first-order chi connectivity index (χ1) is 9.69. The van der Waals surface area contributed by atoms with Gasteiger partial charge in [-0.1, -0.05) is 12.1 Å². The van der Waals surface area contributed by atoms with E-state index in [4.69, 9.17) is 15.3 Å². The van der Waals surface area contributed by atoms with E-state index >= 15 is 0 Å². The van der Waals surface area contributed by atoms with Crippen molar-refractivity contribution in [3.63, 3.8) is 0 Å². The molecule has 0 unspecified atom stereocenters. The van der Waals surface area contributed by atoms with Crippen LogP contribution in [0.1, 0.15) is 32.3 Å². The third-order valence-corrected chi connectivity index (χ3v) is 3.10. The van der Waals surface area contributed by atoms with Crippen molar-refractivity contribution in [1.82, 2.24) is 4.90 Å². The highest BCUT2D eigenvalue weighted by atomic mass is 16.5. The van der Waals surface area contributed by atoms with Crippen LogP contribution in [-0.2, 0) is 0 Å². The molecule has 0 N–H and O–H groups in total. The molecule has 0 saturated carbocycles. The Morgan fingerprint density at radius 2 is 1.95 bits per heavy atom. The summed E-state index contributed by atoms with van der Waals surface area (Å²) in [6.45, 7) is 6.53. The third-order valence-electron chi connectivity index (χ3n) is 3.10. The summed E-state index contributed by atoms with van der Waals surface area (Å²) in [4.78, 5) is 2.27. The fourth-order valence-electron chi connectivity index (χ4n) is 1.96. The monoisotopic (exact) mass is 271 g/mol. The average molecular weight is 271 g/mol. The van der Waals surface area contributed by atoms with Crippen molar-refractivity contribution in [2.24, 2.45) is 0 Å². The molecule has 1 rings (SSSR count). The number of rotatable bonds is 8. The molecule has 0 spiro atoms. The van der Waals surface area contributed by atoms with Crippen molar-refractivity contribution >= 4 is 0 Å². The molecule has 0 heterocycles. The highest BCUT2D eigenvalue weighted by molar-refractivity contribution is 5.42. The quantitative estimate of drug-likeness (QED) is 0.682. The Morgan fingerprint density at radius 3 is 2.60 bits per heavy atom. The molecular weight excluding hydrogens is 250 g/mol. The molecule has 20 heavy (non-hydrogen) atoms. The standard InChI is InChI=1S/C16H21N3O/c1-14(2)19(10-5-9-17)11-6-12-20-16-8-4-3-7-15(16)13-18/h3-4,7-8,14H,5-6,10-12H2,1-2H3. The van der Waals surface area contributed by atoms with Crippen LogP contribution in [0, 0.1) is 22.7 Å².